The molecule has 3 nitrogen and oxygen atoms in total. The first kappa shape index (κ1) is 15.2. The van der Waals surface area contributed by atoms with Crippen molar-refractivity contribution in [3.63, 3.8) is 0 Å². The monoisotopic (exact) mass is 289 g/mol. The van der Waals surface area contributed by atoms with Gasteiger partial charge in [0.2, 0.25) is 0 Å². The van der Waals surface area contributed by atoms with Crippen molar-refractivity contribution in [2.45, 2.75) is 19.9 Å². The highest BCUT2D eigenvalue weighted by molar-refractivity contribution is 5.60. The van der Waals surface area contributed by atoms with Gasteiger partial charge in [-0.3, -0.25) is 0 Å². The number of halogens is 1. The fourth-order valence-corrected chi connectivity index (χ4v) is 2.11. The van der Waals surface area contributed by atoms with Crippen LogP contribution in [0.25, 0.3) is 0 Å². The Hall–Kier alpha value is -2.23. The predicted octanol–water partition coefficient (Wildman–Crippen LogP) is 4.32. The summed E-state index contributed by atoms with van der Waals surface area (Å²) in [5.41, 5.74) is 2.37. The van der Waals surface area contributed by atoms with E-state index in [2.05, 4.69) is 5.32 Å². The molecule has 0 saturated carbocycles. The molecule has 4 heteroatoms. The van der Waals surface area contributed by atoms with Gasteiger partial charge in [0.05, 0.1) is 19.9 Å². The van der Waals surface area contributed by atoms with E-state index in [0.717, 1.165) is 17.0 Å². The number of benzene rings is 2. The Morgan fingerprint density at radius 1 is 1.05 bits per heavy atom. The summed E-state index contributed by atoms with van der Waals surface area (Å²) in [6, 6.07) is 10.8. The SMILES string of the molecule is COc1ccc(NC(C)c2ccc(C)c(F)c2)c(OC)c1. The summed E-state index contributed by atoms with van der Waals surface area (Å²) in [7, 11) is 3.22. The van der Waals surface area contributed by atoms with E-state index in [1.54, 1.807) is 33.3 Å². The van der Waals surface area contributed by atoms with E-state index in [1.807, 2.05) is 31.2 Å². The third-order valence-corrected chi connectivity index (χ3v) is 3.48. The Balaban J connectivity index is 2.22. The van der Waals surface area contributed by atoms with Crippen LogP contribution in [0.1, 0.15) is 24.1 Å². The van der Waals surface area contributed by atoms with Crippen molar-refractivity contribution in [1.82, 2.24) is 0 Å². The molecule has 0 saturated heterocycles. The molecule has 21 heavy (non-hydrogen) atoms. The first-order valence-electron chi connectivity index (χ1n) is 6.79. The summed E-state index contributed by atoms with van der Waals surface area (Å²) < 4.78 is 24.2. The van der Waals surface area contributed by atoms with E-state index in [-0.39, 0.29) is 11.9 Å². The van der Waals surface area contributed by atoms with Crippen molar-refractivity contribution in [2.24, 2.45) is 0 Å². The van der Waals surface area contributed by atoms with Crippen LogP contribution in [0.4, 0.5) is 10.1 Å². The van der Waals surface area contributed by atoms with Gasteiger partial charge in [0, 0.05) is 12.1 Å². The lowest BCUT2D eigenvalue weighted by Crippen LogP contribution is -2.08. The summed E-state index contributed by atoms with van der Waals surface area (Å²) >= 11 is 0. The minimum absolute atomic E-state index is 0.0394. The molecule has 0 aliphatic carbocycles. The maximum atomic E-state index is 13.7. The molecule has 2 rings (SSSR count). The van der Waals surface area contributed by atoms with Crippen LogP contribution in [0.5, 0.6) is 11.5 Å². The van der Waals surface area contributed by atoms with E-state index in [0.29, 0.717) is 11.3 Å². The zero-order chi connectivity index (χ0) is 15.4. The topological polar surface area (TPSA) is 30.5 Å². The average Bonchev–Trinajstić information content (AvgIpc) is 2.50. The van der Waals surface area contributed by atoms with Crippen LogP contribution in [0.3, 0.4) is 0 Å². The smallest absolute Gasteiger partial charge is 0.145 e. The van der Waals surface area contributed by atoms with Gasteiger partial charge in [0.25, 0.3) is 0 Å². The Bertz CT molecular complexity index is 628. The van der Waals surface area contributed by atoms with Gasteiger partial charge in [-0.2, -0.15) is 0 Å². The van der Waals surface area contributed by atoms with E-state index in [9.17, 15) is 4.39 Å². The number of hydrogen-bond acceptors (Lipinski definition) is 3. The lowest BCUT2D eigenvalue weighted by molar-refractivity contribution is 0.395. The molecule has 1 atom stereocenters. The summed E-state index contributed by atoms with van der Waals surface area (Å²) in [5.74, 6) is 1.23. The van der Waals surface area contributed by atoms with Crippen molar-refractivity contribution in [3.05, 3.63) is 53.3 Å². The maximum absolute atomic E-state index is 13.7. The standard InChI is InChI=1S/C17H20FNO2/c1-11-5-6-13(9-15(11)18)12(2)19-16-8-7-14(20-3)10-17(16)21-4/h5-10,12,19H,1-4H3. The second-order valence-electron chi connectivity index (χ2n) is 4.94. The summed E-state index contributed by atoms with van der Waals surface area (Å²) in [4.78, 5) is 0. The maximum Gasteiger partial charge on any atom is 0.145 e. The lowest BCUT2D eigenvalue weighted by atomic mass is 10.1. The third-order valence-electron chi connectivity index (χ3n) is 3.48. The van der Waals surface area contributed by atoms with Crippen LogP contribution in [0, 0.1) is 12.7 Å². The molecule has 0 amide bonds. The molecule has 0 bridgehead atoms. The quantitative estimate of drug-likeness (QED) is 0.889. The van der Waals surface area contributed by atoms with E-state index in [1.165, 1.54) is 0 Å². The van der Waals surface area contributed by atoms with Gasteiger partial charge in [0.15, 0.2) is 0 Å². The van der Waals surface area contributed by atoms with Gasteiger partial charge in [-0.15, -0.1) is 0 Å². The highest BCUT2D eigenvalue weighted by Gasteiger charge is 2.11. The Morgan fingerprint density at radius 3 is 2.43 bits per heavy atom. The molecule has 2 aromatic rings. The third kappa shape index (κ3) is 3.45. The van der Waals surface area contributed by atoms with Crippen molar-refractivity contribution >= 4 is 5.69 Å². The lowest BCUT2D eigenvalue weighted by Gasteiger charge is -2.19. The van der Waals surface area contributed by atoms with Gasteiger partial charge < -0.3 is 14.8 Å². The van der Waals surface area contributed by atoms with Crippen LogP contribution in [0.2, 0.25) is 0 Å². The minimum atomic E-state index is -0.192. The number of hydrogen-bond donors (Lipinski definition) is 1. The van der Waals surface area contributed by atoms with Gasteiger partial charge in [-0.25, -0.2) is 4.39 Å². The Labute approximate surface area is 124 Å². The number of rotatable bonds is 5. The normalized spacial score (nSPS) is 11.9. The molecule has 0 aromatic heterocycles. The van der Waals surface area contributed by atoms with Crippen molar-refractivity contribution < 1.29 is 13.9 Å². The van der Waals surface area contributed by atoms with E-state index in [4.69, 9.17) is 9.47 Å². The van der Waals surface area contributed by atoms with Crippen molar-refractivity contribution in [2.75, 3.05) is 19.5 Å². The van der Waals surface area contributed by atoms with Gasteiger partial charge >= 0.3 is 0 Å². The molecule has 0 aliphatic heterocycles. The van der Waals surface area contributed by atoms with Crippen LogP contribution >= 0.6 is 0 Å². The fourth-order valence-electron chi connectivity index (χ4n) is 2.11. The molecule has 0 heterocycles. The minimum Gasteiger partial charge on any atom is -0.497 e. The molecular weight excluding hydrogens is 269 g/mol. The summed E-state index contributed by atoms with van der Waals surface area (Å²) in [5, 5.41) is 3.33. The highest BCUT2D eigenvalue weighted by Crippen LogP contribution is 2.32. The first-order chi connectivity index (χ1) is 10.0. The second kappa shape index (κ2) is 6.48. The molecule has 1 N–H and O–H groups in total. The number of nitrogens with one attached hydrogen (secondary N) is 1. The molecule has 1 unspecified atom stereocenters. The second-order valence-corrected chi connectivity index (χ2v) is 4.94. The van der Waals surface area contributed by atoms with Gasteiger partial charge in [-0.1, -0.05) is 12.1 Å². The molecular formula is C17H20FNO2. The molecule has 0 radical (unpaired) electrons. The summed E-state index contributed by atoms with van der Waals surface area (Å²) in [6.45, 7) is 3.73. The van der Waals surface area contributed by atoms with Crippen LogP contribution < -0.4 is 14.8 Å². The van der Waals surface area contributed by atoms with Crippen molar-refractivity contribution in [3.8, 4) is 11.5 Å². The molecule has 0 fully saturated rings. The number of anilines is 1. The Kier molecular flexibility index (Phi) is 4.68. The van der Waals surface area contributed by atoms with E-state index >= 15 is 0 Å². The summed E-state index contributed by atoms with van der Waals surface area (Å²) in [6.07, 6.45) is 0. The number of methoxy groups -OCH3 is 2. The molecule has 0 spiro atoms. The average molecular weight is 289 g/mol. The largest absolute Gasteiger partial charge is 0.497 e. The van der Waals surface area contributed by atoms with Crippen LogP contribution in [0.15, 0.2) is 36.4 Å². The zero-order valence-electron chi connectivity index (χ0n) is 12.7. The van der Waals surface area contributed by atoms with Crippen LogP contribution in [-0.2, 0) is 0 Å². The van der Waals surface area contributed by atoms with Crippen molar-refractivity contribution in [1.29, 1.82) is 0 Å². The zero-order valence-corrected chi connectivity index (χ0v) is 12.7. The number of aryl methyl sites for hydroxylation is 1. The Morgan fingerprint density at radius 2 is 1.81 bits per heavy atom. The van der Waals surface area contributed by atoms with Gasteiger partial charge in [0.1, 0.15) is 17.3 Å². The van der Waals surface area contributed by atoms with Crippen LogP contribution in [-0.4, -0.2) is 14.2 Å². The highest BCUT2D eigenvalue weighted by atomic mass is 19.1. The first-order valence-corrected chi connectivity index (χ1v) is 6.79. The molecule has 0 aliphatic rings. The van der Waals surface area contributed by atoms with Gasteiger partial charge in [-0.05, 0) is 43.2 Å². The molecule has 2 aromatic carbocycles. The van der Waals surface area contributed by atoms with E-state index < -0.39 is 0 Å². The molecule has 112 valence electrons. The predicted molar refractivity (Wildman–Crippen MR) is 82.7 cm³/mol. The fraction of sp³-hybridized carbons (Fsp3) is 0.294. The number of ether oxygens (including phenoxy) is 2.